The maximum atomic E-state index is 12.9. The summed E-state index contributed by atoms with van der Waals surface area (Å²) in [5.41, 5.74) is 3.32. The number of hydrogen-bond donors (Lipinski definition) is 0. The van der Waals surface area contributed by atoms with Crippen LogP contribution in [0.4, 0.5) is 5.82 Å². The monoisotopic (exact) mass is 465 g/mol. The van der Waals surface area contributed by atoms with Crippen molar-refractivity contribution in [2.45, 2.75) is 50.3 Å². The third kappa shape index (κ3) is 3.75. The van der Waals surface area contributed by atoms with E-state index in [-0.39, 0.29) is 11.2 Å². The molecule has 0 amide bonds. The van der Waals surface area contributed by atoms with Gasteiger partial charge in [0.2, 0.25) is 0 Å². The zero-order chi connectivity index (χ0) is 23.4. The smallest absolute Gasteiger partial charge is 0.180 e. The first-order valence-electron chi connectivity index (χ1n) is 11.8. The highest BCUT2D eigenvalue weighted by Gasteiger charge is 2.50. The highest BCUT2D eigenvalue weighted by molar-refractivity contribution is 6.20. The number of alkyl halides is 1. The molecule has 5 nitrogen and oxygen atoms in total. The number of benzene rings is 2. The zero-order valence-electron chi connectivity index (χ0n) is 19.9. The second kappa shape index (κ2) is 8.14. The first kappa shape index (κ1) is 22.4. The third-order valence-electron chi connectivity index (χ3n) is 7.62. The van der Waals surface area contributed by atoms with Gasteiger partial charge in [-0.05, 0) is 62.9 Å². The lowest BCUT2D eigenvalue weighted by molar-refractivity contribution is -0.126. The standard InChI is InChI=1S/C27H32ClN3O2/c1-26(2)20-10-9-18(17-21(20)27(3,4)25(26)32)22(28)11-12-30-13-15-31(16-14-30)24-19-7-5-6-8-23(19)33-29-24/h5-10,17,22H,11-16H2,1-4H3. The number of nitrogens with zero attached hydrogens (tertiary/aromatic N) is 3. The molecular weight excluding hydrogens is 434 g/mol. The minimum absolute atomic E-state index is 0.0672. The number of ketones is 1. The summed E-state index contributed by atoms with van der Waals surface area (Å²) >= 11 is 6.86. The van der Waals surface area contributed by atoms with E-state index in [1.807, 2.05) is 45.9 Å². The maximum absolute atomic E-state index is 12.9. The first-order chi connectivity index (χ1) is 15.7. The van der Waals surface area contributed by atoms with Gasteiger partial charge < -0.3 is 9.42 Å². The van der Waals surface area contributed by atoms with Crippen molar-refractivity contribution in [2.75, 3.05) is 37.6 Å². The molecule has 5 rings (SSSR count). The normalized spacial score (nSPS) is 20.9. The maximum Gasteiger partial charge on any atom is 0.180 e. The van der Waals surface area contributed by atoms with E-state index >= 15 is 0 Å². The summed E-state index contributed by atoms with van der Waals surface area (Å²) in [5, 5.41) is 5.31. The number of aromatic nitrogens is 1. The molecule has 2 aliphatic rings. The Hall–Kier alpha value is -2.37. The van der Waals surface area contributed by atoms with Crippen LogP contribution in [0.15, 0.2) is 47.0 Å². The topological polar surface area (TPSA) is 49.6 Å². The lowest BCUT2D eigenvalue weighted by Gasteiger charge is -2.35. The Kier molecular flexibility index (Phi) is 5.53. The number of anilines is 1. The van der Waals surface area contributed by atoms with Crippen LogP contribution in [0.2, 0.25) is 0 Å². The van der Waals surface area contributed by atoms with Gasteiger partial charge in [0, 0.05) is 43.6 Å². The highest BCUT2D eigenvalue weighted by atomic mass is 35.5. The molecule has 0 spiro atoms. The van der Waals surface area contributed by atoms with E-state index in [2.05, 4.69) is 39.2 Å². The zero-order valence-corrected chi connectivity index (χ0v) is 20.7. The van der Waals surface area contributed by atoms with E-state index in [9.17, 15) is 4.79 Å². The molecule has 1 saturated heterocycles. The molecule has 0 saturated carbocycles. The molecule has 2 heterocycles. The molecule has 6 heteroatoms. The number of fused-ring (bicyclic) bond motifs is 2. The molecule has 0 N–H and O–H groups in total. The van der Waals surface area contributed by atoms with Crippen LogP contribution >= 0.6 is 11.6 Å². The number of Topliss-reactive ketones (excluding diaryl/α,β-unsaturated/α-hetero) is 1. The molecule has 1 aliphatic carbocycles. The van der Waals surface area contributed by atoms with Crippen molar-refractivity contribution in [1.29, 1.82) is 0 Å². The van der Waals surface area contributed by atoms with Gasteiger partial charge >= 0.3 is 0 Å². The number of piperazine rings is 1. The van der Waals surface area contributed by atoms with E-state index in [1.165, 1.54) is 0 Å². The number of hydrogen-bond acceptors (Lipinski definition) is 5. The molecule has 0 radical (unpaired) electrons. The molecule has 2 aromatic carbocycles. The van der Waals surface area contributed by atoms with Crippen molar-refractivity contribution in [2.24, 2.45) is 0 Å². The van der Waals surface area contributed by atoms with Crippen LogP contribution in [-0.4, -0.2) is 48.6 Å². The summed E-state index contributed by atoms with van der Waals surface area (Å²) in [7, 11) is 0. The number of para-hydroxylation sites is 1. The molecule has 0 bridgehead atoms. The summed E-state index contributed by atoms with van der Waals surface area (Å²) in [6, 6.07) is 14.4. The van der Waals surface area contributed by atoms with Crippen LogP contribution in [0.5, 0.6) is 0 Å². The van der Waals surface area contributed by atoms with E-state index in [0.717, 1.165) is 72.6 Å². The predicted molar refractivity (Wildman–Crippen MR) is 133 cm³/mol. The van der Waals surface area contributed by atoms with Crippen molar-refractivity contribution in [3.63, 3.8) is 0 Å². The molecular formula is C27H32ClN3O2. The largest absolute Gasteiger partial charge is 0.354 e. The molecule has 33 heavy (non-hydrogen) atoms. The van der Waals surface area contributed by atoms with E-state index in [1.54, 1.807) is 0 Å². The Labute approximate surface area is 200 Å². The fourth-order valence-electron chi connectivity index (χ4n) is 5.59. The highest BCUT2D eigenvalue weighted by Crippen LogP contribution is 2.47. The molecule has 3 aromatic rings. The SMILES string of the molecule is CC1(C)C(=O)C(C)(C)c2cc(C(Cl)CCN3CCN(c4noc5ccccc45)CC3)ccc21. The average molecular weight is 466 g/mol. The van der Waals surface area contributed by atoms with Gasteiger partial charge in [-0.15, -0.1) is 11.6 Å². The van der Waals surface area contributed by atoms with Gasteiger partial charge in [0.15, 0.2) is 17.2 Å². The van der Waals surface area contributed by atoms with Gasteiger partial charge in [0.25, 0.3) is 0 Å². The van der Waals surface area contributed by atoms with Crippen molar-refractivity contribution < 1.29 is 9.32 Å². The summed E-state index contributed by atoms with van der Waals surface area (Å²) in [6.45, 7) is 12.9. The molecule has 1 fully saturated rings. The molecule has 1 unspecified atom stereocenters. The van der Waals surface area contributed by atoms with Crippen LogP contribution < -0.4 is 4.90 Å². The fraction of sp³-hybridized carbons (Fsp3) is 0.481. The van der Waals surface area contributed by atoms with Gasteiger partial charge in [0.05, 0.1) is 10.8 Å². The third-order valence-corrected chi connectivity index (χ3v) is 8.09. The summed E-state index contributed by atoms with van der Waals surface area (Å²) in [5.74, 6) is 1.23. The Morgan fingerprint density at radius 2 is 1.70 bits per heavy atom. The van der Waals surface area contributed by atoms with E-state index < -0.39 is 10.8 Å². The minimum atomic E-state index is -0.465. The van der Waals surface area contributed by atoms with Crippen LogP contribution in [0.1, 0.15) is 56.2 Å². The van der Waals surface area contributed by atoms with Crippen LogP contribution in [0.3, 0.4) is 0 Å². The molecule has 1 aromatic heterocycles. The molecule has 1 atom stereocenters. The van der Waals surface area contributed by atoms with Crippen molar-refractivity contribution >= 4 is 34.2 Å². The second-order valence-corrected chi connectivity index (χ2v) is 11.0. The Bertz CT molecular complexity index is 1190. The first-order valence-corrected chi connectivity index (χ1v) is 12.3. The summed E-state index contributed by atoms with van der Waals surface area (Å²) in [4.78, 5) is 17.7. The number of rotatable bonds is 5. The van der Waals surface area contributed by atoms with Gasteiger partial charge in [0.1, 0.15) is 0 Å². The second-order valence-electron chi connectivity index (χ2n) is 10.5. The van der Waals surface area contributed by atoms with Gasteiger partial charge in [-0.1, -0.05) is 35.5 Å². The number of carbonyl (C=O) groups excluding carboxylic acids is 1. The molecule has 1 aliphatic heterocycles. The van der Waals surface area contributed by atoms with Gasteiger partial charge in [-0.2, -0.15) is 0 Å². The number of halogens is 1. The lowest BCUT2D eigenvalue weighted by Crippen LogP contribution is -2.46. The number of carbonyl (C=O) groups is 1. The lowest BCUT2D eigenvalue weighted by atomic mass is 9.80. The Morgan fingerprint density at radius 1 is 1.00 bits per heavy atom. The Balaban J connectivity index is 1.20. The molecule has 174 valence electrons. The van der Waals surface area contributed by atoms with Gasteiger partial charge in [-0.25, -0.2) is 0 Å². The summed E-state index contributed by atoms with van der Waals surface area (Å²) in [6.07, 6.45) is 0.880. The fourth-order valence-corrected chi connectivity index (χ4v) is 5.82. The van der Waals surface area contributed by atoms with E-state index in [0.29, 0.717) is 0 Å². The quantitative estimate of drug-likeness (QED) is 0.468. The minimum Gasteiger partial charge on any atom is -0.354 e. The van der Waals surface area contributed by atoms with Crippen LogP contribution in [-0.2, 0) is 15.6 Å². The van der Waals surface area contributed by atoms with Crippen LogP contribution in [0.25, 0.3) is 11.0 Å². The predicted octanol–water partition coefficient (Wildman–Crippen LogP) is 5.46. The van der Waals surface area contributed by atoms with Crippen molar-refractivity contribution in [1.82, 2.24) is 10.1 Å². The average Bonchev–Trinajstić information content (AvgIpc) is 3.30. The van der Waals surface area contributed by atoms with Crippen molar-refractivity contribution in [3.05, 3.63) is 59.2 Å². The van der Waals surface area contributed by atoms with Crippen LogP contribution in [0, 0.1) is 0 Å². The summed E-state index contributed by atoms with van der Waals surface area (Å²) < 4.78 is 5.48. The van der Waals surface area contributed by atoms with Crippen molar-refractivity contribution in [3.8, 4) is 0 Å². The van der Waals surface area contributed by atoms with E-state index in [4.69, 9.17) is 16.1 Å². The Morgan fingerprint density at radius 3 is 2.45 bits per heavy atom. The van der Waals surface area contributed by atoms with Gasteiger partial charge in [-0.3, -0.25) is 9.69 Å².